The number of ether oxygens (including phenoxy) is 2. The number of hydrogen-bond donors (Lipinski definition) is 1. The molecule has 110 valence electrons. The number of anilines is 1. The third-order valence-electron chi connectivity index (χ3n) is 2.81. The van der Waals surface area contributed by atoms with Crippen LogP contribution in [0.15, 0.2) is 45.9 Å². The van der Waals surface area contributed by atoms with E-state index in [1.165, 1.54) is 18.3 Å². The van der Waals surface area contributed by atoms with Gasteiger partial charge in [-0.25, -0.2) is 13.4 Å². The molecule has 6 nitrogen and oxygen atoms in total. The second kappa shape index (κ2) is 5.53. The monoisotopic (exact) mass is 370 g/mol. The van der Waals surface area contributed by atoms with Crippen molar-refractivity contribution < 1.29 is 17.9 Å². The molecule has 0 bridgehead atoms. The Morgan fingerprint density at radius 3 is 2.67 bits per heavy atom. The number of hydrogen-bond acceptors (Lipinski definition) is 5. The smallest absolute Gasteiger partial charge is 0.263 e. The van der Waals surface area contributed by atoms with Crippen LogP contribution in [0.1, 0.15) is 0 Å². The summed E-state index contributed by atoms with van der Waals surface area (Å²) in [5.41, 5.74) is 0. The molecular weight excluding hydrogens is 360 g/mol. The highest BCUT2D eigenvalue weighted by molar-refractivity contribution is 9.10. The van der Waals surface area contributed by atoms with Crippen molar-refractivity contribution >= 4 is 31.8 Å². The number of rotatable bonds is 3. The van der Waals surface area contributed by atoms with Gasteiger partial charge in [-0.05, 0) is 40.2 Å². The van der Waals surface area contributed by atoms with Gasteiger partial charge < -0.3 is 9.47 Å². The minimum atomic E-state index is -3.75. The van der Waals surface area contributed by atoms with Crippen LogP contribution in [0.2, 0.25) is 0 Å². The fourth-order valence-electron chi connectivity index (χ4n) is 1.84. The molecule has 0 unspecified atom stereocenters. The lowest BCUT2D eigenvalue weighted by molar-refractivity contribution is 0.171. The molecular formula is C13H11BrN2O4S. The van der Waals surface area contributed by atoms with Crippen molar-refractivity contribution in [2.24, 2.45) is 0 Å². The first-order valence-electron chi connectivity index (χ1n) is 6.09. The number of fused-ring (bicyclic) bond motifs is 1. The molecule has 21 heavy (non-hydrogen) atoms. The summed E-state index contributed by atoms with van der Waals surface area (Å²) in [6.45, 7) is 0.855. The van der Waals surface area contributed by atoms with Crippen LogP contribution in [-0.4, -0.2) is 26.6 Å². The molecule has 3 rings (SSSR count). The van der Waals surface area contributed by atoms with Crippen LogP contribution in [0.3, 0.4) is 0 Å². The number of benzene rings is 1. The van der Waals surface area contributed by atoms with Gasteiger partial charge in [0.1, 0.15) is 13.2 Å². The van der Waals surface area contributed by atoms with Gasteiger partial charge in [-0.3, -0.25) is 4.72 Å². The molecule has 0 amide bonds. The third-order valence-corrected chi connectivity index (χ3v) is 4.79. The summed E-state index contributed by atoms with van der Waals surface area (Å²) < 4.78 is 38.5. The molecule has 0 atom stereocenters. The van der Waals surface area contributed by atoms with E-state index in [9.17, 15) is 8.42 Å². The molecule has 1 aromatic heterocycles. The lowest BCUT2D eigenvalue weighted by atomic mass is 10.3. The minimum Gasteiger partial charge on any atom is -0.486 e. The van der Waals surface area contributed by atoms with E-state index in [4.69, 9.17) is 9.47 Å². The lowest BCUT2D eigenvalue weighted by Crippen LogP contribution is -2.17. The molecule has 1 aromatic carbocycles. The Labute approximate surface area is 130 Å². The molecule has 0 saturated heterocycles. The molecule has 0 fully saturated rings. The van der Waals surface area contributed by atoms with E-state index in [1.807, 2.05) is 0 Å². The molecule has 2 heterocycles. The maximum absolute atomic E-state index is 12.4. The van der Waals surface area contributed by atoms with Gasteiger partial charge in [-0.1, -0.05) is 0 Å². The Morgan fingerprint density at radius 2 is 1.90 bits per heavy atom. The van der Waals surface area contributed by atoms with Gasteiger partial charge in [0.15, 0.2) is 17.3 Å². The Hall–Kier alpha value is -1.80. The second-order valence-electron chi connectivity index (χ2n) is 4.24. The zero-order valence-corrected chi connectivity index (χ0v) is 13.1. The topological polar surface area (TPSA) is 77.5 Å². The van der Waals surface area contributed by atoms with Crippen molar-refractivity contribution in [2.75, 3.05) is 17.9 Å². The summed E-state index contributed by atoms with van der Waals surface area (Å²) in [4.78, 5) is 4.07. The van der Waals surface area contributed by atoms with Gasteiger partial charge in [-0.2, -0.15) is 0 Å². The number of halogens is 1. The zero-order chi connectivity index (χ0) is 14.9. The highest BCUT2D eigenvalue weighted by atomic mass is 79.9. The van der Waals surface area contributed by atoms with E-state index >= 15 is 0 Å². The Morgan fingerprint density at radius 1 is 1.14 bits per heavy atom. The van der Waals surface area contributed by atoms with Crippen LogP contribution in [0.5, 0.6) is 11.5 Å². The molecule has 0 radical (unpaired) electrons. The van der Waals surface area contributed by atoms with E-state index in [0.717, 1.165) is 0 Å². The highest BCUT2D eigenvalue weighted by Crippen LogP contribution is 2.33. The van der Waals surface area contributed by atoms with Crippen molar-refractivity contribution in [1.29, 1.82) is 0 Å². The summed E-state index contributed by atoms with van der Waals surface area (Å²) in [5.74, 6) is 1.19. The van der Waals surface area contributed by atoms with Gasteiger partial charge >= 0.3 is 0 Å². The normalized spacial score (nSPS) is 13.8. The third kappa shape index (κ3) is 2.96. The SMILES string of the molecule is O=S(=O)(Nc1ncccc1Br)c1ccc2c(c1)OCCO2. The maximum Gasteiger partial charge on any atom is 0.263 e. The summed E-state index contributed by atoms with van der Waals surface area (Å²) in [7, 11) is -3.75. The van der Waals surface area contributed by atoms with Crippen LogP contribution < -0.4 is 14.2 Å². The second-order valence-corrected chi connectivity index (χ2v) is 6.78. The van der Waals surface area contributed by atoms with Gasteiger partial charge in [0.05, 0.1) is 9.37 Å². The van der Waals surface area contributed by atoms with Gasteiger partial charge in [0.2, 0.25) is 0 Å². The summed E-state index contributed by atoms with van der Waals surface area (Å²) in [5, 5.41) is 0. The summed E-state index contributed by atoms with van der Waals surface area (Å²) >= 11 is 3.25. The zero-order valence-electron chi connectivity index (χ0n) is 10.7. The first-order valence-corrected chi connectivity index (χ1v) is 8.37. The van der Waals surface area contributed by atoms with E-state index in [2.05, 4.69) is 25.6 Å². The van der Waals surface area contributed by atoms with Crippen molar-refractivity contribution in [2.45, 2.75) is 4.90 Å². The maximum atomic E-state index is 12.4. The fourth-order valence-corrected chi connectivity index (χ4v) is 3.37. The van der Waals surface area contributed by atoms with E-state index < -0.39 is 10.0 Å². The number of nitrogens with one attached hydrogen (secondary N) is 1. The highest BCUT2D eigenvalue weighted by Gasteiger charge is 2.20. The Balaban J connectivity index is 1.93. The fraction of sp³-hybridized carbons (Fsp3) is 0.154. The standard InChI is InChI=1S/C13H11BrN2O4S/c14-10-2-1-5-15-13(10)16-21(17,18)9-3-4-11-12(8-9)20-7-6-19-11/h1-5,8H,6-7H2,(H,15,16). The van der Waals surface area contributed by atoms with Crippen LogP contribution in [0.4, 0.5) is 5.82 Å². The van der Waals surface area contributed by atoms with Crippen LogP contribution in [0.25, 0.3) is 0 Å². The van der Waals surface area contributed by atoms with Crippen molar-refractivity contribution in [1.82, 2.24) is 4.98 Å². The van der Waals surface area contributed by atoms with Gasteiger partial charge in [0.25, 0.3) is 10.0 Å². The number of pyridine rings is 1. The average molecular weight is 371 g/mol. The average Bonchev–Trinajstić information content (AvgIpc) is 2.49. The molecule has 2 aromatic rings. The Kier molecular flexibility index (Phi) is 3.73. The molecule has 0 spiro atoms. The predicted molar refractivity (Wildman–Crippen MR) is 80.2 cm³/mol. The summed E-state index contributed by atoms with van der Waals surface area (Å²) in [6, 6.07) is 7.89. The summed E-state index contributed by atoms with van der Waals surface area (Å²) in [6.07, 6.45) is 1.51. The first kappa shape index (κ1) is 14.2. The van der Waals surface area contributed by atoms with Crippen molar-refractivity contribution in [3.8, 4) is 11.5 Å². The van der Waals surface area contributed by atoms with E-state index in [-0.39, 0.29) is 10.7 Å². The predicted octanol–water partition coefficient (Wildman–Crippen LogP) is 2.42. The van der Waals surface area contributed by atoms with Crippen molar-refractivity contribution in [3.05, 3.63) is 41.0 Å². The van der Waals surface area contributed by atoms with Crippen LogP contribution >= 0.6 is 15.9 Å². The molecule has 0 aliphatic carbocycles. The van der Waals surface area contributed by atoms with E-state index in [1.54, 1.807) is 18.2 Å². The largest absolute Gasteiger partial charge is 0.486 e. The lowest BCUT2D eigenvalue weighted by Gasteiger charge is -2.19. The van der Waals surface area contributed by atoms with Crippen LogP contribution in [0, 0.1) is 0 Å². The van der Waals surface area contributed by atoms with Gasteiger partial charge in [-0.15, -0.1) is 0 Å². The van der Waals surface area contributed by atoms with Crippen molar-refractivity contribution in [3.63, 3.8) is 0 Å². The Bertz CT molecular complexity index is 779. The number of sulfonamides is 1. The molecule has 1 N–H and O–H groups in total. The quantitative estimate of drug-likeness (QED) is 0.897. The minimum absolute atomic E-state index is 0.0873. The molecule has 0 saturated carbocycles. The van der Waals surface area contributed by atoms with Crippen LogP contribution in [-0.2, 0) is 10.0 Å². The van der Waals surface area contributed by atoms with Gasteiger partial charge in [0, 0.05) is 12.3 Å². The molecule has 1 aliphatic rings. The number of nitrogens with zero attached hydrogens (tertiary/aromatic N) is 1. The first-order chi connectivity index (χ1) is 10.1. The number of aromatic nitrogens is 1. The molecule has 1 aliphatic heterocycles. The van der Waals surface area contributed by atoms with E-state index in [0.29, 0.717) is 29.2 Å². The molecule has 8 heteroatoms.